The summed E-state index contributed by atoms with van der Waals surface area (Å²) in [6.45, 7) is 6.35. The minimum Gasteiger partial charge on any atom is -0.506 e. The fourth-order valence-electron chi connectivity index (χ4n) is 5.38. The molecule has 4 aromatic carbocycles. The average Bonchev–Trinajstić information content (AvgIpc) is 2.99. The molecule has 0 bridgehead atoms. The number of anilines is 2. The number of ether oxygens (including phenoxy) is 2. The molecule has 8 nitrogen and oxygen atoms in total. The van der Waals surface area contributed by atoms with E-state index in [2.05, 4.69) is 0 Å². The Morgan fingerprint density at radius 3 is 1.29 bits per heavy atom. The summed E-state index contributed by atoms with van der Waals surface area (Å²) in [5.74, 6) is -2.08. The minimum atomic E-state index is -0.676. The van der Waals surface area contributed by atoms with Gasteiger partial charge in [0.25, 0.3) is 0 Å². The highest BCUT2D eigenvalue weighted by Crippen LogP contribution is 2.47. The van der Waals surface area contributed by atoms with Crippen LogP contribution in [0.15, 0.2) is 60.7 Å². The van der Waals surface area contributed by atoms with Gasteiger partial charge in [0, 0.05) is 35.7 Å². The summed E-state index contributed by atoms with van der Waals surface area (Å²) < 4.78 is 10.8. The van der Waals surface area contributed by atoms with Crippen LogP contribution in [0.2, 0.25) is 0 Å². The lowest BCUT2D eigenvalue weighted by molar-refractivity contribution is 0.0975. The summed E-state index contributed by atoms with van der Waals surface area (Å²) in [5.41, 5.74) is 16.0. The molecule has 0 aromatic heterocycles. The van der Waals surface area contributed by atoms with Crippen LogP contribution in [0.25, 0.3) is 22.3 Å². The molecule has 0 radical (unpaired) electrons. The Hall–Kier alpha value is -4.66. The number of nitrogens with two attached hydrogens (primary N) is 2. The highest BCUT2D eigenvalue weighted by Gasteiger charge is 2.39. The van der Waals surface area contributed by atoms with E-state index in [0.29, 0.717) is 48.7 Å². The molecular formula is C34H34N2O6. The van der Waals surface area contributed by atoms with Gasteiger partial charge < -0.3 is 31.2 Å². The molecule has 0 atom stereocenters. The van der Waals surface area contributed by atoms with Gasteiger partial charge in [0.2, 0.25) is 11.6 Å². The highest BCUT2D eigenvalue weighted by molar-refractivity contribution is 6.34. The Labute approximate surface area is 244 Å². The standard InChI is InChI=1S/C34H34N2O6/c1-3-41-15-13-19-5-9-21(10-6-19)23-17-25(35)27-29(31(23)37)33(39)28-26(36)18-24(32(38)30(28)34(27)40)22-11-7-20(8-12-22)14-16-42-4-2/h5-12,17-18,37-38H,3-4,13-16,35-36H2,1-2H3. The van der Waals surface area contributed by atoms with Gasteiger partial charge >= 0.3 is 0 Å². The number of hydrogen-bond donors (Lipinski definition) is 4. The molecule has 42 heavy (non-hydrogen) atoms. The van der Waals surface area contributed by atoms with Gasteiger partial charge in [-0.15, -0.1) is 0 Å². The number of rotatable bonds is 10. The average molecular weight is 567 g/mol. The lowest BCUT2D eigenvalue weighted by Crippen LogP contribution is -2.24. The second-order valence-corrected chi connectivity index (χ2v) is 10.2. The Balaban J connectivity index is 1.53. The first-order chi connectivity index (χ1) is 20.3. The molecule has 216 valence electrons. The van der Waals surface area contributed by atoms with Crippen LogP contribution < -0.4 is 11.5 Å². The van der Waals surface area contributed by atoms with Crippen LogP contribution >= 0.6 is 0 Å². The Kier molecular flexibility index (Phi) is 8.29. The maximum absolute atomic E-state index is 13.8. The molecule has 0 fully saturated rings. The largest absolute Gasteiger partial charge is 0.506 e. The molecule has 5 rings (SSSR count). The predicted octanol–water partition coefficient (Wildman–Crippen LogP) is 5.53. The molecule has 6 N–H and O–H groups in total. The first-order valence-electron chi connectivity index (χ1n) is 14.0. The van der Waals surface area contributed by atoms with E-state index in [4.69, 9.17) is 20.9 Å². The molecule has 0 heterocycles. The number of nitrogen functional groups attached to an aromatic ring is 2. The normalized spacial score (nSPS) is 12.3. The molecule has 0 saturated carbocycles. The molecule has 0 amide bonds. The van der Waals surface area contributed by atoms with Crippen LogP contribution in [-0.4, -0.2) is 48.2 Å². The molecule has 4 aromatic rings. The zero-order chi connectivity index (χ0) is 30.0. The molecule has 0 spiro atoms. The van der Waals surface area contributed by atoms with Crippen LogP contribution in [0.3, 0.4) is 0 Å². The maximum atomic E-state index is 13.8. The van der Waals surface area contributed by atoms with E-state index in [1.807, 2.05) is 62.4 Å². The fourth-order valence-corrected chi connectivity index (χ4v) is 5.38. The summed E-state index contributed by atoms with van der Waals surface area (Å²) >= 11 is 0. The topological polar surface area (TPSA) is 145 Å². The van der Waals surface area contributed by atoms with Gasteiger partial charge in [-0.2, -0.15) is 0 Å². The first-order valence-corrected chi connectivity index (χ1v) is 14.0. The third-order valence-corrected chi connectivity index (χ3v) is 7.58. The van der Waals surface area contributed by atoms with Crippen LogP contribution in [0.1, 0.15) is 56.8 Å². The number of benzene rings is 4. The third kappa shape index (κ3) is 5.22. The van der Waals surface area contributed by atoms with Gasteiger partial charge in [0.05, 0.1) is 35.5 Å². The second-order valence-electron chi connectivity index (χ2n) is 10.2. The second kappa shape index (κ2) is 12.1. The van der Waals surface area contributed by atoms with Crippen LogP contribution in [0.4, 0.5) is 11.4 Å². The van der Waals surface area contributed by atoms with Crippen molar-refractivity contribution in [3.63, 3.8) is 0 Å². The predicted molar refractivity (Wildman–Crippen MR) is 163 cm³/mol. The van der Waals surface area contributed by atoms with Crippen molar-refractivity contribution in [2.75, 3.05) is 37.9 Å². The number of ketones is 2. The lowest BCUT2D eigenvalue weighted by atomic mass is 9.78. The van der Waals surface area contributed by atoms with Gasteiger partial charge in [-0.1, -0.05) is 48.5 Å². The number of carbonyl (C=O) groups is 2. The Bertz CT molecular complexity index is 1530. The Morgan fingerprint density at radius 1 is 0.595 bits per heavy atom. The van der Waals surface area contributed by atoms with E-state index in [9.17, 15) is 19.8 Å². The zero-order valence-corrected chi connectivity index (χ0v) is 23.7. The smallest absolute Gasteiger partial charge is 0.200 e. The molecule has 1 aliphatic carbocycles. The van der Waals surface area contributed by atoms with Crippen LogP contribution in [0.5, 0.6) is 11.5 Å². The van der Waals surface area contributed by atoms with Crippen LogP contribution in [0, 0.1) is 0 Å². The Morgan fingerprint density at radius 2 is 0.952 bits per heavy atom. The van der Waals surface area contributed by atoms with E-state index in [1.54, 1.807) is 0 Å². The monoisotopic (exact) mass is 566 g/mol. The van der Waals surface area contributed by atoms with Crippen molar-refractivity contribution in [2.24, 2.45) is 0 Å². The van der Waals surface area contributed by atoms with E-state index in [1.165, 1.54) is 12.1 Å². The number of fused-ring (bicyclic) bond motifs is 2. The van der Waals surface area contributed by atoms with Gasteiger partial charge in [0.15, 0.2) is 0 Å². The van der Waals surface area contributed by atoms with E-state index < -0.39 is 11.6 Å². The fraction of sp³-hybridized carbons (Fsp3) is 0.235. The van der Waals surface area contributed by atoms with Crippen molar-refractivity contribution in [3.05, 3.63) is 94.0 Å². The van der Waals surface area contributed by atoms with E-state index in [0.717, 1.165) is 24.0 Å². The van der Waals surface area contributed by atoms with Crippen molar-refractivity contribution in [1.29, 1.82) is 0 Å². The number of hydrogen-bond acceptors (Lipinski definition) is 8. The van der Waals surface area contributed by atoms with E-state index >= 15 is 0 Å². The van der Waals surface area contributed by atoms with Crippen molar-refractivity contribution >= 4 is 22.9 Å². The van der Waals surface area contributed by atoms with Gasteiger partial charge in [-0.25, -0.2) is 0 Å². The first kappa shape index (κ1) is 28.9. The summed E-state index contributed by atoms with van der Waals surface area (Å²) in [4.78, 5) is 27.6. The molecule has 8 heteroatoms. The molecular weight excluding hydrogens is 532 g/mol. The van der Waals surface area contributed by atoms with Crippen molar-refractivity contribution in [3.8, 4) is 33.8 Å². The summed E-state index contributed by atoms with van der Waals surface area (Å²) in [6, 6.07) is 17.9. The molecule has 1 aliphatic rings. The number of phenolic OH excluding ortho intramolecular Hbond substituents is 2. The van der Waals surface area contributed by atoms with Gasteiger partial charge in [-0.05, 0) is 61.1 Å². The van der Waals surface area contributed by atoms with E-state index in [-0.39, 0.29) is 45.1 Å². The number of aromatic hydroxyl groups is 2. The summed E-state index contributed by atoms with van der Waals surface area (Å²) in [5, 5.41) is 22.6. The quantitative estimate of drug-likeness (QED) is 0.0981. The highest BCUT2D eigenvalue weighted by atomic mass is 16.5. The zero-order valence-electron chi connectivity index (χ0n) is 23.7. The molecule has 0 aliphatic heterocycles. The minimum absolute atomic E-state index is 0.0178. The van der Waals surface area contributed by atoms with Crippen molar-refractivity contribution in [2.45, 2.75) is 26.7 Å². The van der Waals surface area contributed by atoms with Crippen molar-refractivity contribution < 1.29 is 29.3 Å². The van der Waals surface area contributed by atoms with Crippen molar-refractivity contribution in [1.82, 2.24) is 0 Å². The van der Waals surface area contributed by atoms with Gasteiger partial charge in [0.1, 0.15) is 11.5 Å². The van der Waals surface area contributed by atoms with Crippen LogP contribution in [-0.2, 0) is 22.3 Å². The lowest BCUT2D eigenvalue weighted by Gasteiger charge is -2.24. The SMILES string of the molecule is CCOCCc1ccc(-c2cc(N)c3c(c2O)C(=O)c2c(N)cc(-c4ccc(CCOCC)cc4)c(O)c2C3=O)cc1. The van der Waals surface area contributed by atoms with Gasteiger partial charge in [-0.3, -0.25) is 9.59 Å². The number of carbonyl (C=O) groups excluding carboxylic acids is 2. The third-order valence-electron chi connectivity index (χ3n) is 7.58. The maximum Gasteiger partial charge on any atom is 0.200 e. The summed E-state index contributed by atoms with van der Waals surface area (Å²) in [6.07, 6.45) is 1.47. The summed E-state index contributed by atoms with van der Waals surface area (Å²) in [7, 11) is 0. The molecule has 0 saturated heterocycles. The number of phenols is 2. The molecule has 0 unspecified atom stereocenters.